The highest BCUT2D eigenvalue weighted by molar-refractivity contribution is 6.00. The van der Waals surface area contributed by atoms with Gasteiger partial charge in [-0.15, -0.1) is 0 Å². The zero-order valence-corrected chi connectivity index (χ0v) is 10.8. The molecule has 3 amide bonds. The molecule has 0 radical (unpaired) electrons. The fourth-order valence-corrected chi connectivity index (χ4v) is 2.06. The summed E-state index contributed by atoms with van der Waals surface area (Å²) in [5.41, 5.74) is -0.600. The lowest BCUT2D eigenvalue weighted by Gasteiger charge is -2.29. The second-order valence-electron chi connectivity index (χ2n) is 4.21. The van der Waals surface area contributed by atoms with Gasteiger partial charge < -0.3 is 24.8 Å². The molecule has 6 heteroatoms. The summed E-state index contributed by atoms with van der Waals surface area (Å²) < 4.78 is 0. The summed E-state index contributed by atoms with van der Waals surface area (Å²) in [7, 11) is 0. The van der Waals surface area contributed by atoms with Gasteiger partial charge >= 0.3 is 6.03 Å². The third-order valence-corrected chi connectivity index (χ3v) is 2.91. The number of hydrogen-bond donors (Lipinski definition) is 2. The molecule has 0 bridgehead atoms. The number of hydrogen-bond acceptors (Lipinski definition) is 2. The van der Waals surface area contributed by atoms with Gasteiger partial charge in [0.15, 0.2) is 5.54 Å². The number of nitrogens with two attached hydrogens (primary N) is 1. The summed E-state index contributed by atoms with van der Waals surface area (Å²) in [5, 5.41) is 3.87. The second kappa shape index (κ2) is 5.68. The van der Waals surface area contributed by atoms with Gasteiger partial charge in [0.1, 0.15) is 0 Å². The molecular formula is C9H17Cl2N2O2-. The largest absolute Gasteiger partial charge is 1.00 e. The van der Waals surface area contributed by atoms with Crippen molar-refractivity contribution in [3.63, 3.8) is 0 Å². The summed E-state index contributed by atoms with van der Waals surface area (Å²) in [6, 6.07) is -0.257. The van der Waals surface area contributed by atoms with Crippen LogP contribution in [0.5, 0.6) is 0 Å². The van der Waals surface area contributed by atoms with Crippen molar-refractivity contribution < 1.29 is 39.7 Å². The molecule has 1 saturated heterocycles. The van der Waals surface area contributed by atoms with E-state index in [-0.39, 0.29) is 48.6 Å². The maximum atomic E-state index is 11.6. The number of carbonyl (C=O) groups excluding carboxylic acids is 2. The van der Waals surface area contributed by atoms with Crippen LogP contribution in [0.15, 0.2) is 0 Å². The summed E-state index contributed by atoms with van der Waals surface area (Å²) >= 11 is 0. The van der Waals surface area contributed by atoms with Gasteiger partial charge in [-0.3, -0.25) is 4.79 Å². The number of quaternary nitrogens is 1. The molecular weight excluding hydrogens is 239 g/mol. The highest BCUT2D eigenvalue weighted by atomic mass is 35.5. The van der Waals surface area contributed by atoms with Gasteiger partial charge in [-0.1, -0.05) is 27.7 Å². The van der Waals surface area contributed by atoms with Crippen molar-refractivity contribution in [1.29, 1.82) is 0 Å². The first-order valence-corrected chi connectivity index (χ1v) is 4.62. The van der Waals surface area contributed by atoms with Crippen LogP contribution >= 0.6 is 0 Å². The molecule has 0 aromatic heterocycles. The number of urea groups is 1. The first-order chi connectivity index (χ1) is 5.91. The summed E-state index contributed by atoms with van der Waals surface area (Å²) in [6.45, 7) is 7.87. The van der Waals surface area contributed by atoms with E-state index in [4.69, 9.17) is 0 Å². The Hall–Kier alpha value is -0.320. The Bertz CT molecular complexity index is 246. The Balaban J connectivity index is 0. The number of halogens is 2. The van der Waals surface area contributed by atoms with Crippen LogP contribution in [-0.4, -0.2) is 17.5 Å². The fraction of sp³-hybridized carbons (Fsp3) is 0.778. The first kappa shape index (κ1) is 17.1. The average Bonchev–Trinajstić information content (AvgIpc) is 2.26. The van der Waals surface area contributed by atoms with Crippen molar-refractivity contribution in [2.45, 2.75) is 33.2 Å². The minimum Gasteiger partial charge on any atom is -1.00 e. The zero-order valence-electron chi connectivity index (χ0n) is 9.30. The molecule has 1 heterocycles. The van der Waals surface area contributed by atoms with Gasteiger partial charge in [0.25, 0.3) is 5.91 Å². The predicted octanol–water partition coefficient (Wildman–Crippen LogP) is -6.14. The Morgan fingerprint density at radius 1 is 1.07 bits per heavy atom. The number of imide groups is 1. The SMILES string of the molecule is CC(C)C1(C(C)C)[NH2+]C(=O)NC1=O.[Cl-].[Cl-]. The molecule has 90 valence electrons. The fourth-order valence-electron chi connectivity index (χ4n) is 2.06. The number of primary amides is 1. The zero-order chi connectivity index (χ0) is 10.2. The quantitative estimate of drug-likeness (QED) is 0.483. The Labute approximate surface area is 102 Å². The van der Waals surface area contributed by atoms with Gasteiger partial charge in [0.05, 0.1) is 0 Å². The molecule has 3 N–H and O–H groups in total. The molecule has 1 fully saturated rings. The first-order valence-electron chi connectivity index (χ1n) is 4.62. The minimum atomic E-state index is -0.600. The number of carbonyl (C=O) groups is 2. The number of rotatable bonds is 2. The maximum Gasteiger partial charge on any atom is 0.420 e. The number of amides is 3. The summed E-state index contributed by atoms with van der Waals surface area (Å²) in [4.78, 5) is 22.7. The average molecular weight is 256 g/mol. The van der Waals surface area contributed by atoms with Crippen LogP contribution in [0.3, 0.4) is 0 Å². The van der Waals surface area contributed by atoms with E-state index in [1.807, 2.05) is 27.7 Å². The highest BCUT2D eigenvalue weighted by Crippen LogP contribution is 2.24. The number of nitrogens with one attached hydrogen (secondary N) is 1. The topological polar surface area (TPSA) is 62.8 Å². The van der Waals surface area contributed by atoms with Crippen LogP contribution in [0.1, 0.15) is 27.7 Å². The molecule has 0 aromatic carbocycles. The Kier molecular flexibility index (Phi) is 6.47. The second-order valence-corrected chi connectivity index (χ2v) is 4.21. The summed E-state index contributed by atoms with van der Waals surface area (Å²) in [5.74, 6) is 0.153. The normalized spacial score (nSPS) is 18.5. The molecule has 1 aliphatic rings. The Morgan fingerprint density at radius 3 is 1.60 bits per heavy atom. The monoisotopic (exact) mass is 255 g/mol. The molecule has 0 aromatic rings. The van der Waals surface area contributed by atoms with E-state index in [0.29, 0.717) is 0 Å². The van der Waals surface area contributed by atoms with Crippen molar-refractivity contribution in [1.82, 2.24) is 5.32 Å². The van der Waals surface area contributed by atoms with Gasteiger partial charge in [0, 0.05) is 11.8 Å². The van der Waals surface area contributed by atoms with E-state index in [0.717, 1.165) is 0 Å². The van der Waals surface area contributed by atoms with Crippen molar-refractivity contribution in [3.05, 3.63) is 0 Å². The van der Waals surface area contributed by atoms with Crippen LogP contribution in [0, 0.1) is 11.8 Å². The van der Waals surface area contributed by atoms with Crippen molar-refractivity contribution in [2.75, 3.05) is 0 Å². The maximum absolute atomic E-state index is 11.6. The van der Waals surface area contributed by atoms with Gasteiger partial charge in [-0.2, -0.15) is 0 Å². The molecule has 1 aliphatic heterocycles. The molecule has 0 saturated carbocycles. The molecule has 0 unspecified atom stereocenters. The van der Waals surface area contributed by atoms with Crippen molar-refractivity contribution >= 4 is 11.9 Å². The van der Waals surface area contributed by atoms with E-state index in [2.05, 4.69) is 5.32 Å². The smallest absolute Gasteiger partial charge is 0.420 e. The van der Waals surface area contributed by atoms with Gasteiger partial charge in [0.2, 0.25) is 0 Å². The molecule has 1 rings (SSSR count). The van der Waals surface area contributed by atoms with E-state index in [9.17, 15) is 9.59 Å². The third-order valence-electron chi connectivity index (χ3n) is 2.91. The van der Waals surface area contributed by atoms with Gasteiger partial charge in [-0.05, 0) is 0 Å². The lowest BCUT2D eigenvalue weighted by Crippen LogP contribution is -3.00. The van der Waals surface area contributed by atoms with Crippen LogP contribution < -0.4 is 35.4 Å². The minimum absolute atomic E-state index is 0. The molecule has 15 heavy (non-hydrogen) atoms. The molecule has 0 spiro atoms. The molecule has 0 atom stereocenters. The van der Waals surface area contributed by atoms with Crippen LogP contribution in [0.2, 0.25) is 0 Å². The van der Waals surface area contributed by atoms with Crippen LogP contribution in [-0.2, 0) is 4.79 Å². The summed E-state index contributed by atoms with van der Waals surface area (Å²) in [6.07, 6.45) is 0. The van der Waals surface area contributed by atoms with E-state index in [1.54, 1.807) is 0 Å². The van der Waals surface area contributed by atoms with Crippen LogP contribution in [0.25, 0.3) is 0 Å². The van der Waals surface area contributed by atoms with Crippen molar-refractivity contribution in [2.24, 2.45) is 11.8 Å². The third kappa shape index (κ3) is 2.62. The highest BCUT2D eigenvalue weighted by Gasteiger charge is 2.55. The van der Waals surface area contributed by atoms with Crippen LogP contribution in [0.4, 0.5) is 4.79 Å². The van der Waals surface area contributed by atoms with E-state index >= 15 is 0 Å². The van der Waals surface area contributed by atoms with Gasteiger partial charge in [-0.25, -0.2) is 15.4 Å². The lowest BCUT2D eigenvalue weighted by atomic mass is 9.77. The van der Waals surface area contributed by atoms with E-state index in [1.165, 1.54) is 5.32 Å². The lowest BCUT2D eigenvalue weighted by molar-refractivity contribution is -0.628. The standard InChI is InChI=1S/C9H16N2O2.2ClH/c1-5(2)9(6(3)4)7(12)10-8(13)11-9;;/h5-6H,1-4H3,(H2,10,11,12,13);2*1H/p-1. The Morgan fingerprint density at radius 2 is 1.47 bits per heavy atom. The molecule has 0 aliphatic carbocycles. The van der Waals surface area contributed by atoms with Crippen molar-refractivity contribution in [3.8, 4) is 0 Å². The predicted molar refractivity (Wildman–Crippen MR) is 47.9 cm³/mol. The molecule has 4 nitrogen and oxygen atoms in total. The van der Waals surface area contributed by atoms with E-state index < -0.39 is 5.54 Å².